The third-order valence-corrected chi connectivity index (χ3v) is 7.12. The quantitative estimate of drug-likeness (QED) is 0.0793. The van der Waals surface area contributed by atoms with Crippen molar-refractivity contribution >= 4 is 23.6 Å². The number of carbonyl (C=O) groups is 4. The van der Waals surface area contributed by atoms with Crippen molar-refractivity contribution in [2.75, 3.05) is 99.7 Å². The number of nitrogens with one attached hydrogen (secondary N) is 2. The number of carboxylic acids is 1. The first-order valence-electron chi connectivity index (χ1n) is 16.7. The highest BCUT2D eigenvalue weighted by atomic mass is 16.5. The number of carbonyl (C=O) groups excluding carboxylic acids is 3. The van der Waals surface area contributed by atoms with Crippen LogP contribution in [0.2, 0.25) is 0 Å². The van der Waals surface area contributed by atoms with Gasteiger partial charge in [0.05, 0.1) is 73.5 Å². The molecule has 0 bridgehead atoms. The van der Waals surface area contributed by atoms with Gasteiger partial charge >= 0.3 is 5.97 Å². The first-order chi connectivity index (χ1) is 22.6. The molecule has 0 aliphatic rings. The van der Waals surface area contributed by atoms with Crippen molar-refractivity contribution in [1.29, 1.82) is 0 Å². The first kappa shape index (κ1) is 41.9. The Morgan fingerprint density at radius 2 is 1.28 bits per heavy atom. The van der Waals surface area contributed by atoms with Crippen molar-refractivity contribution in [3.8, 4) is 5.75 Å². The Morgan fingerprint density at radius 1 is 0.660 bits per heavy atom. The Labute approximate surface area is 280 Å². The predicted molar refractivity (Wildman–Crippen MR) is 177 cm³/mol. The first-order valence-corrected chi connectivity index (χ1v) is 16.7. The van der Waals surface area contributed by atoms with Crippen molar-refractivity contribution < 1.29 is 52.5 Å². The molecule has 0 radical (unpaired) electrons. The van der Waals surface area contributed by atoms with E-state index >= 15 is 0 Å². The highest BCUT2D eigenvalue weighted by Gasteiger charge is 2.14. The van der Waals surface area contributed by atoms with Crippen LogP contribution in [0, 0.1) is 0 Å². The minimum atomic E-state index is -0.917. The van der Waals surface area contributed by atoms with E-state index < -0.39 is 5.97 Å². The van der Waals surface area contributed by atoms with Crippen LogP contribution in [0.15, 0.2) is 24.3 Å². The molecule has 0 aromatic heterocycles. The Bertz CT molecular complexity index is 1000. The maximum atomic E-state index is 11.8. The minimum absolute atomic E-state index is 0.0280. The van der Waals surface area contributed by atoms with E-state index in [4.69, 9.17) is 28.8 Å². The number of benzene rings is 1. The maximum Gasteiger partial charge on any atom is 0.303 e. The number of likely N-dealkylation sites (N-methyl/N-ethyl adjacent to an activating group) is 1. The van der Waals surface area contributed by atoms with Gasteiger partial charge in [0.2, 0.25) is 11.8 Å². The molecule has 2 amide bonds. The number of hydrogen-bond donors (Lipinski definition) is 3. The fourth-order valence-corrected chi connectivity index (χ4v) is 4.28. The topological polar surface area (TPSA) is 159 Å². The lowest BCUT2D eigenvalue weighted by atomic mass is 10.1. The molecule has 1 aromatic carbocycles. The molecular formula is C34H58N3O10+. The monoisotopic (exact) mass is 668 g/mol. The second kappa shape index (κ2) is 26.9. The van der Waals surface area contributed by atoms with Crippen molar-refractivity contribution in [3.63, 3.8) is 0 Å². The van der Waals surface area contributed by atoms with Gasteiger partial charge in [0.15, 0.2) is 0 Å². The molecule has 47 heavy (non-hydrogen) atoms. The Hall–Kier alpha value is -3.10. The molecule has 3 N–H and O–H groups in total. The lowest BCUT2D eigenvalue weighted by Crippen LogP contribution is -2.43. The molecule has 13 heteroatoms. The van der Waals surface area contributed by atoms with Crippen LogP contribution in [-0.4, -0.2) is 133 Å². The number of amides is 2. The smallest absolute Gasteiger partial charge is 0.303 e. The Balaban J connectivity index is 1.88. The van der Waals surface area contributed by atoms with Crippen LogP contribution in [-0.2, 0) is 44.5 Å². The highest BCUT2D eigenvalue weighted by molar-refractivity contribution is 5.77. The number of Topliss-reactive ketones (excluding diaryl/α,β-unsaturated/α-hetero) is 1. The zero-order valence-electron chi connectivity index (χ0n) is 28.7. The molecule has 1 aromatic rings. The summed E-state index contributed by atoms with van der Waals surface area (Å²) in [4.78, 5) is 44.9. The van der Waals surface area contributed by atoms with Gasteiger partial charge in [-0.25, -0.2) is 0 Å². The zero-order valence-corrected chi connectivity index (χ0v) is 28.7. The lowest BCUT2D eigenvalue weighted by molar-refractivity contribution is -0.891. The van der Waals surface area contributed by atoms with Crippen molar-refractivity contribution in [1.82, 2.24) is 10.6 Å². The second-order valence-corrected chi connectivity index (χ2v) is 12.0. The average molecular weight is 669 g/mol. The van der Waals surface area contributed by atoms with Crippen molar-refractivity contribution in [2.24, 2.45) is 0 Å². The van der Waals surface area contributed by atoms with E-state index in [2.05, 4.69) is 24.7 Å². The van der Waals surface area contributed by atoms with E-state index in [1.165, 1.54) is 0 Å². The molecule has 0 aliphatic heterocycles. The molecule has 0 atom stereocenters. The van der Waals surface area contributed by atoms with E-state index in [9.17, 15) is 19.2 Å². The number of ketones is 1. The van der Waals surface area contributed by atoms with Crippen LogP contribution in [0.3, 0.4) is 0 Å². The summed E-state index contributed by atoms with van der Waals surface area (Å²) < 4.78 is 28.6. The third-order valence-electron chi connectivity index (χ3n) is 7.12. The van der Waals surface area contributed by atoms with E-state index in [-0.39, 0.29) is 43.7 Å². The maximum absolute atomic E-state index is 11.8. The number of aryl methyl sites for hydroxylation is 1. The largest absolute Gasteiger partial charge is 0.494 e. The number of hydrogen-bond acceptors (Lipinski definition) is 9. The summed E-state index contributed by atoms with van der Waals surface area (Å²) in [5.41, 5.74) is 1.15. The molecule has 1 rings (SSSR count). The van der Waals surface area contributed by atoms with Crippen LogP contribution in [0.4, 0.5) is 0 Å². The number of ether oxygens (including phenoxy) is 5. The SMILES string of the molecule is CC(=O)CCc1ccc(OCCCCC[N+](C)(C)CCOCCOCCNC(=O)COCCOCCNC(=O)CCCC(=O)O)cc1. The highest BCUT2D eigenvalue weighted by Crippen LogP contribution is 2.14. The van der Waals surface area contributed by atoms with Crippen LogP contribution < -0.4 is 15.4 Å². The second-order valence-electron chi connectivity index (χ2n) is 12.0. The molecule has 268 valence electrons. The Kier molecular flexibility index (Phi) is 24.0. The number of unbranched alkanes of at least 4 members (excludes halogenated alkanes) is 2. The standard InChI is InChI=1S/C34H57N3O10/c1-29(38)10-11-30-12-14-31(15-13-30)47-20-6-4-5-18-37(2,3)19-23-45-25-24-43-22-17-36-33(40)28-46-27-26-44-21-16-35-32(39)8-7-9-34(41)42/h12-15H,4-11,16-28H2,1-3H3,(H2-,35,36,39,40,41,42)/p+1. The summed E-state index contributed by atoms with van der Waals surface area (Å²) in [5, 5.41) is 13.9. The van der Waals surface area contributed by atoms with Gasteiger partial charge in [-0.3, -0.25) is 14.4 Å². The summed E-state index contributed by atoms with van der Waals surface area (Å²) in [6, 6.07) is 8.01. The van der Waals surface area contributed by atoms with E-state index in [1.807, 2.05) is 24.3 Å². The number of quaternary nitrogens is 1. The molecule has 0 heterocycles. The number of carboxylic acid groups (broad SMARTS) is 1. The van der Waals surface area contributed by atoms with Gasteiger partial charge in [0.25, 0.3) is 0 Å². The molecule has 13 nitrogen and oxygen atoms in total. The number of aliphatic carboxylic acids is 1. The molecule has 0 saturated heterocycles. The summed E-state index contributed by atoms with van der Waals surface area (Å²) in [6.07, 6.45) is 5.03. The van der Waals surface area contributed by atoms with Gasteiger partial charge in [0, 0.05) is 32.4 Å². The number of nitrogens with zero attached hydrogens (tertiary/aromatic N) is 1. The molecule has 0 spiro atoms. The van der Waals surface area contributed by atoms with E-state index in [0.29, 0.717) is 72.2 Å². The predicted octanol–water partition coefficient (Wildman–Crippen LogP) is 2.39. The van der Waals surface area contributed by atoms with Gasteiger partial charge in [-0.15, -0.1) is 0 Å². The van der Waals surface area contributed by atoms with Crippen LogP contribution >= 0.6 is 0 Å². The van der Waals surface area contributed by atoms with Gasteiger partial charge < -0.3 is 48.7 Å². The van der Waals surface area contributed by atoms with Crippen LogP contribution in [0.25, 0.3) is 0 Å². The summed E-state index contributed by atoms with van der Waals surface area (Å²) in [6.45, 7) is 7.78. The Morgan fingerprint density at radius 3 is 1.91 bits per heavy atom. The zero-order chi connectivity index (χ0) is 34.6. The minimum Gasteiger partial charge on any atom is -0.494 e. The van der Waals surface area contributed by atoms with Gasteiger partial charge in [-0.2, -0.15) is 0 Å². The van der Waals surface area contributed by atoms with Crippen molar-refractivity contribution in [3.05, 3.63) is 29.8 Å². The number of rotatable bonds is 31. The van der Waals surface area contributed by atoms with E-state index in [0.717, 1.165) is 54.6 Å². The average Bonchev–Trinajstić information content (AvgIpc) is 3.02. The molecule has 0 fully saturated rings. The lowest BCUT2D eigenvalue weighted by Gasteiger charge is -2.29. The normalized spacial score (nSPS) is 11.3. The van der Waals surface area contributed by atoms with Crippen LogP contribution in [0.5, 0.6) is 5.75 Å². The molecular weight excluding hydrogens is 610 g/mol. The van der Waals surface area contributed by atoms with Gasteiger partial charge in [-0.05, 0) is 56.7 Å². The fourth-order valence-electron chi connectivity index (χ4n) is 4.28. The van der Waals surface area contributed by atoms with Crippen LogP contribution in [0.1, 0.15) is 57.4 Å². The van der Waals surface area contributed by atoms with E-state index in [1.54, 1.807) is 6.92 Å². The fraction of sp³-hybridized carbons (Fsp3) is 0.706. The molecule has 0 saturated carbocycles. The van der Waals surface area contributed by atoms with Gasteiger partial charge in [0.1, 0.15) is 24.7 Å². The molecule has 0 aliphatic carbocycles. The summed E-state index contributed by atoms with van der Waals surface area (Å²) >= 11 is 0. The summed E-state index contributed by atoms with van der Waals surface area (Å²) in [5.74, 6) is -0.282. The third kappa shape index (κ3) is 26.6. The molecule has 0 unspecified atom stereocenters. The van der Waals surface area contributed by atoms with Gasteiger partial charge in [-0.1, -0.05) is 12.1 Å². The summed E-state index contributed by atoms with van der Waals surface area (Å²) in [7, 11) is 4.42. The van der Waals surface area contributed by atoms with Crippen molar-refractivity contribution in [2.45, 2.75) is 58.3 Å².